The van der Waals surface area contributed by atoms with Crippen molar-refractivity contribution < 1.29 is 9.53 Å². The molecule has 1 N–H and O–H groups in total. The highest BCUT2D eigenvalue weighted by atomic mass is 16.5. The van der Waals surface area contributed by atoms with Gasteiger partial charge in [-0.05, 0) is 13.3 Å². The van der Waals surface area contributed by atoms with Gasteiger partial charge in [-0.1, -0.05) is 6.92 Å². The normalized spacial score (nSPS) is 19.4. The summed E-state index contributed by atoms with van der Waals surface area (Å²) in [5, 5.41) is 3.20. The van der Waals surface area contributed by atoms with Crippen LogP contribution in [0.25, 0.3) is 0 Å². The zero-order valence-electron chi connectivity index (χ0n) is 9.08. The highest BCUT2D eigenvalue weighted by Crippen LogP contribution is 1.97. The number of hydrogen-bond acceptors (Lipinski definition) is 3. The van der Waals surface area contributed by atoms with E-state index >= 15 is 0 Å². The molecule has 4 nitrogen and oxygen atoms in total. The molecule has 4 heteroatoms. The highest BCUT2D eigenvalue weighted by molar-refractivity contribution is 5.78. The third-order valence-corrected chi connectivity index (χ3v) is 2.58. The fraction of sp³-hybridized carbons (Fsp3) is 0.900. The highest BCUT2D eigenvalue weighted by Gasteiger charge is 2.16. The maximum atomic E-state index is 11.6. The van der Waals surface area contributed by atoms with Gasteiger partial charge in [0.25, 0.3) is 0 Å². The van der Waals surface area contributed by atoms with Crippen molar-refractivity contribution in [3.05, 3.63) is 0 Å². The van der Waals surface area contributed by atoms with Crippen molar-refractivity contribution >= 4 is 5.91 Å². The Morgan fingerprint density at radius 2 is 2.14 bits per heavy atom. The van der Waals surface area contributed by atoms with Crippen molar-refractivity contribution in [3.8, 4) is 0 Å². The molecule has 82 valence electrons. The van der Waals surface area contributed by atoms with Crippen molar-refractivity contribution in [1.82, 2.24) is 10.2 Å². The second-order valence-electron chi connectivity index (χ2n) is 3.68. The summed E-state index contributed by atoms with van der Waals surface area (Å²) in [7, 11) is 0. The van der Waals surface area contributed by atoms with E-state index in [1.165, 1.54) is 0 Å². The van der Waals surface area contributed by atoms with Crippen molar-refractivity contribution in [2.24, 2.45) is 0 Å². The second kappa shape index (κ2) is 5.98. The predicted octanol–water partition coefficient (Wildman–Crippen LogP) is 0.233. The molecule has 1 aliphatic rings. The van der Waals surface area contributed by atoms with Gasteiger partial charge in [-0.25, -0.2) is 0 Å². The number of carbonyl (C=O) groups excluding carboxylic acids is 1. The van der Waals surface area contributed by atoms with Gasteiger partial charge in [0.15, 0.2) is 0 Å². The zero-order valence-corrected chi connectivity index (χ0v) is 9.08. The van der Waals surface area contributed by atoms with Gasteiger partial charge in [-0.3, -0.25) is 4.79 Å². The number of rotatable bonds is 4. The molecule has 1 unspecified atom stereocenters. The van der Waals surface area contributed by atoms with E-state index in [0.717, 1.165) is 19.5 Å². The SMILES string of the molecule is CCC(C)NCC(=O)N1CCOCC1. The number of amides is 1. The molecule has 1 atom stereocenters. The van der Waals surface area contributed by atoms with Gasteiger partial charge in [0.1, 0.15) is 0 Å². The molecule has 1 aliphatic heterocycles. The Hall–Kier alpha value is -0.610. The third kappa shape index (κ3) is 3.64. The van der Waals surface area contributed by atoms with Crippen LogP contribution in [-0.2, 0) is 9.53 Å². The minimum absolute atomic E-state index is 0.189. The Morgan fingerprint density at radius 1 is 1.50 bits per heavy atom. The van der Waals surface area contributed by atoms with Crippen LogP contribution < -0.4 is 5.32 Å². The van der Waals surface area contributed by atoms with Gasteiger partial charge in [0, 0.05) is 19.1 Å². The molecule has 1 saturated heterocycles. The fourth-order valence-electron chi connectivity index (χ4n) is 1.33. The molecule has 1 amide bonds. The molecule has 0 aromatic carbocycles. The van der Waals surface area contributed by atoms with Crippen LogP contribution in [0.3, 0.4) is 0 Å². The van der Waals surface area contributed by atoms with E-state index in [9.17, 15) is 4.79 Å². The first-order valence-corrected chi connectivity index (χ1v) is 5.33. The average Bonchev–Trinajstić information content (AvgIpc) is 2.26. The molecule has 0 aromatic rings. The maximum absolute atomic E-state index is 11.6. The summed E-state index contributed by atoms with van der Waals surface area (Å²) in [5.74, 6) is 0.189. The number of nitrogens with zero attached hydrogens (tertiary/aromatic N) is 1. The Morgan fingerprint density at radius 3 is 2.71 bits per heavy atom. The minimum Gasteiger partial charge on any atom is -0.378 e. The fourth-order valence-corrected chi connectivity index (χ4v) is 1.33. The molecular formula is C10H20N2O2. The number of hydrogen-bond donors (Lipinski definition) is 1. The molecule has 0 spiro atoms. The van der Waals surface area contributed by atoms with Crippen molar-refractivity contribution in [2.75, 3.05) is 32.8 Å². The third-order valence-electron chi connectivity index (χ3n) is 2.58. The lowest BCUT2D eigenvalue weighted by Crippen LogP contribution is -2.45. The quantitative estimate of drug-likeness (QED) is 0.706. The number of morpholine rings is 1. The summed E-state index contributed by atoms with van der Waals surface area (Å²) in [4.78, 5) is 13.5. The van der Waals surface area contributed by atoms with E-state index in [1.54, 1.807) is 0 Å². The van der Waals surface area contributed by atoms with E-state index in [2.05, 4.69) is 19.2 Å². The average molecular weight is 200 g/mol. The van der Waals surface area contributed by atoms with E-state index in [4.69, 9.17) is 4.74 Å². The standard InChI is InChI=1S/C10H20N2O2/c1-3-9(2)11-8-10(13)12-4-6-14-7-5-12/h9,11H,3-8H2,1-2H3. The van der Waals surface area contributed by atoms with Crippen LogP contribution >= 0.6 is 0 Å². The van der Waals surface area contributed by atoms with Crippen molar-refractivity contribution in [3.63, 3.8) is 0 Å². The Labute approximate surface area is 85.6 Å². The van der Waals surface area contributed by atoms with Crippen LogP contribution in [0.2, 0.25) is 0 Å². The minimum atomic E-state index is 0.189. The maximum Gasteiger partial charge on any atom is 0.236 e. The van der Waals surface area contributed by atoms with Gasteiger partial charge in [0.2, 0.25) is 5.91 Å². The monoisotopic (exact) mass is 200 g/mol. The van der Waals surface area contributed by atoms with Gasteiger partial charge in [-0.2, -0.15) is 0 Å². The molecule has 1 heterocycles. The molecule has 0 radical (unpaired) electrons. The van der Waals surface area contributed by atoms with Gasteiger partial charge in [0.05, 0.1) is 19.8 Å². The molecule has 14 heavy (non-hydrogen) atoms. The lowest BCUT2D eigenvalue weighted by Gasteiger charge is -2.27. The van der Waals surface area contributed by atoms with E-state index in [0.29, 0.717) is 25.8 Å². The summed E-state index contributed by atoms with van der Waals surface area (Å²) in [6.07, 6.45) is 1.05. The largest absolute Gasteiger partial charge is 0.378 e. The summed E-state index contributed by atoms with van der Waals surface area (Å²) >= 11 is 0. The van der Waals surface area contributed by atoms with Gasteiger partial charge in [-0.15, -0.1) is 0 Å². The van der Waals surface area contributed by atoms with Gasteiger partial charge < -0.3 is 15.0 Å². The van der Waals surface area contributed by atoms with Crippen LogP contribution in [0.1, 0.15) is 20.3 Å². The first-order chi connectivity index (χ1) is 6.74. The molecular weight excluding hydrogens is 180 g/mol. The first kappa shape index (κ1) is 11.5. The molecule has 0 aromatic heterocycles. The van der Waals surface area contributed by atoms with E-state index < -0.39 is 0 Å². The van der Waals surface area contributed by atoms with Crippen LogP contribution in [0.15, 0.2) is 0 Å². The lowest BCUT2D eigenvalue weighted by molar-refractivity contribution is -0.134. The van der Waals surface area contributed by atoms with Crippen molar-refractivity contribution in [1.29, 1.82) is 0 Å². The summed E-state index contributed by atoms with van der Waals surface area (Å²) in [5.41, 5.74) is 0. The summed E-state index contributed by atoms with van der Waals surface area (Å²) in [6.45, 7) is 7.48. The number of carbonyl (C=O) groups is 1. The molecule has 0 bridgehead atoms. The van der Waals surface area contributed by atoms with Crippen LogP contribution in [-0.4, -0.2) is 49.7 Å². The molecule has 1 fully saturated rings. The van der Waals surface area contributed by atoms with Gasteiger partial charge >= 0.3 is 0 Å². The summed E-state index contributed by atoms with van der Waals surface area (Å²) in [6, 6.07) is 0.417. The number of nitrogens with one attached hydrogen (secondary N) is 1. The predicted molar refractivity (Wildman–Crippen MR) is 55.2 cm³/mol. The van der Waals surface area contributed by atoms with E-state index in [1.807, 2.05) is 4.90 Å². The molecule has 0 saturated carbocycles. The topological polar surface area (TPSA) is 41.6 Å². The second-order valence-corrected chi connectivity index (χ2v) is 3.68. The van der Waals surface area contributed by atoms with Crippen molar-refractivity contribution in [2.45, 2.75) is 26.3 Å². The lowest BCUT2D eigenvalue weighted by atomic mass is 10.2. The Kier molecular flexibility index (Phi) is 4.90. The number of ether oxygens (including phenoxy) is 1. The zero-order chi connectivity index (χ0) is 10.4. The molecule has 0 aliphatic carbocycles. The van der Waals surface area contributed by atoms with Crippen LogP contribution in [0.5, 0.6) is 0 Å². The summed E-state index contributed by atoms with van der Waals surface area (Å²) < 4.78 is 5.18. The Bertz CT molecular complexity index is 179. The van der Waals surface area contributed by atoms with Crippen LogP contribution in [0.4, 0.5) is 0 Å². The first-order valence-electron chi connectivity index (χ1n) is 5.33. The molecule has 1 rings (SSSR count). The van der Waals surface area contributed by atoms with Crippen LogP contribution in [0, 0.1) is 0 Å². The Balaban J connectivity index is 2.19. The van der Waals surface area contributed by atoms with E-state index in [-0.39, 0.29) is 5.91 Å². The smallest absolute Gasteiger partial charge is 0.236 e.